The fourth-order valence-electron chi connectivity index (χ4n) is 1.78. The van der Waals surface area contributed by atoms with Gasteiger partial charge < -0.3 is 10.1 Å². The number of rotatable bonds is 4. The molecule has 3 nitrogen and oxygen atoms in total. The zero-order chi connectivity index (χ0) is 9.10. The Labute approximate surface area is 81.9 Å². The second-order valence-electron chi connectivity index (χ2n) is 4.07. The first-order chi connectivity index (χ1) is 6.38. The molecule has 1 saturated heterocycles. The van der Waals surface area contributed by atoms with Gasteiger partial charge in [-0.25, -0.2) is 0 Å². The van der Waals surface area contributed by atoms with Gasteiger partial charge in [-0.05, 0) is 19.4 Å². The topological polar surface area (TPSA) is 24.5 Å². The summed E-state index contributed by atoms with van der Waals surface area (Å²) in [6.45, 7) is 7.54. The SMILES string of the molecule is CCN1CCOC(CNC2CC2)C1.[HH]. The van der Waals surface area contributed by atoms with Crippen LogP contribution in [0.15, 0.2) is 0 Å². The van der Waals surface area contributed by atoms with Gasteiger partial charge in [-0.2, -0.15) is 0 Å². The molecule has 1 heterocycles. The van der Waals surface area contributed by atoms with Gasteiger partial charge in [-0.3, -0.25) is 4.90 Å². The number of ether oxygens (including phenoxy) is 1. The van der Waals surface area contributed by atoms with Gasteiger partial charge in [0.2, 0.25) is 0 Å². The summed E-state index contributed by atoms with van der Waals surface area (Å²) in [5.74, 6) is 0. The summed E-state index contributed by atoms with van der Waals surface area (Å²) in [5.41, 5.74) is 0. The number of hydrogen-bond acceptors (Lipinski definition) is 3. The van der Waals surface area contributed by atoms with Crippen LogP contribution in [0.1, 0.15) is 21.2 Å². The molecule has 0 amide bonds. The minimum atomic E-state index is 0. The second kappa shape index (κ2) is 4.40. The smallest absolute Gasteiger partial charge is 0.0826 e. The Kier molecular flexibility index (Phi) is 3.19. The highest BCUT2D eigenvalue weighted by atomic mass is 16.5. The summed E-state index contributed by atoms with van der Waals surface area (Å²) < 4.78 is 5.68. The Morgan fingerprint density at radius 1 is 1.54 bits per heavy atom. The highest BCUT2D eigenvalue weighted by molar-refractivity contribution is 4.83. The van der Waals surface area contributed by atoms with Crippen LogP contribution in [0, 0.1) is 0 Å². The van der Waals surface area contributed by atoms with E-state index in [2.05, 4.69) is 17.1 Å². The van der Waals surface area contributed by atoms with E-state index < -0.39 is 0 Å². The lowest BCUT2D eigenvalue weighted by Crippen LogP contribution is -2.46. The number of morpholine rings is 1. The predicted molar refractivity (Wildman–Crippen MR) is 55.0 cm³/mol. The van der Waals surface area contributed by atoms with Crippen molar-refractivity contribution in [2.45, 2.75) is 31.9 Å². The third-order valence-corrected chi connectivity index (χ3v) is 2.88. The lowest BCUT2D eigenvalue weighted by atomic mass is 10.2. The standard InChI is InChI=1S/C10H20N2O.H2/c1-2-12-5-6-13-10(8-12)7-11-9-3-4-9;/h9-11H,2-8H2,1H3;1H. The summed E-state index contributed by atoms with van der Waals surface area (Å²) in [6, 6.07) is 0.806. The van der Waals surface area contributed by atoms with Crippen LogP contribution in [-0.4, -0.2) is 49.8 Å². The molecule has 0 aromatic heterocycles. The molecule has 1 aliphatic carbocycles. The highest BCUT2D eigenvalue weighted by Gasteiger charge is 2.24. The van der Waals surface area contributed by atoms with Crippen LogP contribution in [0.3, 0.4) is 0 Å². The van der Waals surface area contributed by atoms with E-state index in [0.717, 1.165) is 38.8 Å². The van der Waals surface area contributed by atoms with Crippen LogP contribution >= 0.6 is 0 Å². The first-order valence-corrected chi connectivity index (χ1v) is 5.46. The van der Waals surface area contributed by atoms with E-state index in [4.69, 9.17) is 4.74 Å². The largest absolute Gasteiger partial charge is 0.374 e. The van der Waals surface area contributed by atoms with Crippen molar-refractivity contribution in [1.29, 1.82) is 0 Å². The zero-order valence-corrected chi connectivity index (χ0v) is 8.46. The van der Waals surface area contributed by atoms with E-state index >= 15 is 0 Å². The third-order valence-electron chi connectivity index (χ3n) is 2.88. The molecular formula is C10H22N2O. The number of hydrogen-bond donors (Lipinski definition) is 1. The molecule has 3 heteroatoms. The third kappa shape index (κ3) is 2.93. The predicted octanol–water partition coefficient (Wildman–Crippen LogP) is 0.705. The molecule has 13 heavy (non-hydrogen) atoms. The van der Waals surface area contributed by atoms with Crippen molar-refractivity contribution in [3.63, 3.8) is 0 Å². The normalized spacial score (nSPS) is 30.7. The summed E-state index contributed by atoms with van der Waals surface area (Å²) in [7, 11) is 0. The van der Waals surface area contributed by atoms with E-state index in [-0.39, 0.29) is 1.43 Å². The molecule has 0 spiro atoms. The van der Waals surface area contributed by atoms with Crippen molar-refractivity contribution < 1.29 is 6.16 Å². The molecule has 0 aromatic carbocycles. The van der Waals surface area contributed by atoms with Gasteiger partial charge in [0.25, 0.3) is 0 Å². The molecule has 1 saturated carbocycles. The van der Waals surface area contributed by atoms with Gasteiger partial charge >= 0.3 is 0 Å². The average molecular weight is 186 g/mol. The summed E-state index contributed by atoms with van der Waals surface area (Å²) in [6.07, 6.45) is 3.16. The molecule has 0 bridgehead atoms. The quantitative estimate of drug-likeness (QED) is 0.699. The Hall–Kier alpha value is -0.120. The molecule has 0 aromatic rings. The van der Waals surface area contributed by atoms with E-state index in [9.17, 15) is 0 Å². The Bertz CT molecular complexity index is 164. The van der Waals surface area contributed by atoms with Crippen molar-refractivity contribution in [3.05, 3.63) is 0 Å². The molecule has 1 unspecified atom stereocenters. The van der Waals surface area contributed by atoms with Crippen LogP contribution in [0.5, 0.6) is 0 Å². The summed E-state index contributed by atoms with van der Waals surface area (Å²) in [5, 5.41) is 3.52. The molecular weight excluding hydrogens is 164 g/mol. The highest BCUT2D eigenvalue weighted by Crippen LogP contribution is 2.18. The van der Waals surface area contributed by atoms with E-state index in [1.807, 2.05) is 0 Å². The van der Waals surface area contributed by atoms with Crippen LogP contribution in [0.25, 0.3) is 0 Å². The first-order valence-electron chi connectivity index (χ1n) is 5.46. The fourth-order valence-corrected chi connectivity index (χ4v) is 1.78. The Balaban J connectivity index is 0.000000980. The lowest BCUT2D eigenvalue weighted by molar-refractivity contribution is -0.0253. The zero-order valence-electron chi connectivity index (χ0n) is 8.46. The van der Waals surface area contributed by atoms with Gasteiger partial charge in [0.05, 0.1) is 12.7 Å². The number of nitrogens with zero attached hydrogens (tertiary/aromatic N) is 1. The van der Waals surface area contributed by atoms with Crippen molar-refractivity contribution in [2.75, 3.05) is 32.8 Å². The maximum absolute atomic E-state index is 5.68. The van der Waals surface area contributed by atoms with Crippen LogP contribution in [0.4, 0.5) is 0 Å². The first kappa shape index (κ1) is 9.44. The van der Waals surface area contributed by atoms with Crippen LogP contribution in [0.2, 0.25) is 0 Å². The maximum Gasteiger partial charge on any atom is 0.0826 e. The van der Waals surface area contributed by atoms with Gasteiger partial charge in [-0.15, -0.1) is 0 Å². The molecule has 78 valence electrons. The lowest BCUT2D eigenvalue weighted by Gasteiger charge is -2.32. The number of likely N-dealkylation sites (N-methyl/N-ethyl adjacent to an activating group) is 1. The molecule has 1 N–H and O–H groups in total. The molecule has 2 fully saturated rings. The van der Waals surface area contributed by atoms with Crippen molar-refractivity contribution >= 4 is 0 Å². The Morgan fingerprint density at radius 3 is 3.08 bits per heavy atom. The van der Waals surface area contributed by atoms with Crippen molar-refractivity contribution in [2.24, 2.45) is 0 Å². The average Bonchev–Trinajstić information content (AvgIpc) is 2.99. The van der Waals surface area contributed by atoms with Gasteiger partial charge in [0.15, 0.2) is 0 Å². The van der Waals surface area contributed by atoms with Crippen LogP contribution < -0.4 is 5.32 Å². The monoisotopic (exact) mass is 186 g/mol. The van der Waals surface area contributed by atoms with E-state index in [1.165, 1.54) is 12.8 Å². The molecule has 0 radical (unpaired) electrons. The van der Waals surface area contributed by atoms with Gasteiger partial charge in [0, 0.05) is 27.1 Å². The van der Waals surface area contributed by atoms with E-state index in [1.54, 1.807) is 0 Å². The summed E-state index contributed by atoms with van der Waals surface area (Å²) >= 11 is 0. The summed E-state index contributed by atoms with van der Waals surface area (Å²) in [4.78, 5) is 2.46. The number of nitrogens with one attached hydrogen (secondary N) is 1. The fraction of sp³-hybridized carbons (Fsp3) is 1.00. The van der Waals surface area contributed by atoms with E-state index in [0.29, 0.717) is 6.10 Å². The minimum Gasteiger partial charge on any atom is -0.374 e. The van der Waals surface area contributed by atoms with Gasteiger partial charge in [-0.1, -0.05) is 6.92 Å². The van der Waals surface area contributed by atoms with Gasteiger partial charge in [0.1, 0.15) is 0 Å². The molecule has 1 aliphatic heterocycles. The maximum atomic E-state index is 5.68. The van der Waals surface area contributed by atoms with Crippen LogP contribution in [-0.2, 0) is 4.74 Å². The minimum absolute atomic E-state index is 0. The van der Waals surface area contributed by atoms with Crippen molar-refractivity contribution in [3.8, 4) is 0 Å². The second-order valence-corrected chi connectivity index (χ2v) is 4.07. The molecule has 1 atom stereocenters. The molecule has 2 rings (SSSR count). The van der Waals surface area contributed by atoms with Crippen molar-refractivity contribution in [1.82, 2.24) is 10.2 Å². The Morgan fingerprint density at radius 2 is 2.38 bits per heavy atom. The molecule has 2 aliphatic rings.